The van der Waals surface area contributed by atoms with E-state index in [1.54, 1.807) is 0 Å². The Morgan fingerprint density at radius 1 is 1.62 bits per heavy atom. The number of ether oxygens (including phenoxy) is 1. The van der Waals surface area contributed by atoms with Gasteiger partial charge in [0, 0.05) is 0 Å². The van der Waals surface area contributed by atoms with Crippen LogP contribution in [0.5, 0.6) is 0 Å². The summed E-state index contributed by atoms with van der Waals surface area (Å²) in [5.41, 5.74) is 0. The third-order valence-corrected chi connectivity index (χ3v) is 0.770. The molecule has 42 valence electrons. The topological polar surface area (TPSA) is 46.6 Å². The molecule has 8 heavy (non-hydrogen) atoms. The van der Waals surface area contributed by atoms with Crippen molar-refractivity contribution in [1.82, 2.24) is 4.90 Å². The number of hydrogen-bond donors (Lipinski definition) is 0. The van der Waals surface area contributed by atoms with Crippen LogP contribution in [0.2, 0.25) is 0 Å². The molecule has 0 atom stereocenters. The molecule has 1 heterocycles. The predicted molar refractivity (Wildman–Crippen MR) is 22.1 cm³/mol. The molecule has 0 N–H and O–H groups in total. The molecule has 0 unspecified atom stereocenters. The molecule has 0 saturated carbocycles. The Labute approximate surface area is 46.0 Å². The van der Waals surface area contributed by atoms with Gasteiger partial charge in [0.25, 0.3) is 0 Å². The predicted octanol–water partition coefficient (Wildman–Crippen LogP) is -1.00. The van der Waals surface area contributed by atoms with E-state index in [4.69, 9.17) is 7.05 Å². The largest absolute Gasteiger partial charge is 0.437 e. The molecule has 0 bridgehead atoms. The number of esters is 1. The summed E-state index contributed by atoms with van der Waals surface area (Å²) in [6, 6.07) is 0. The highest BCUT2D eigenvalue weighted by Gasteiger charge is 2.27. The van der Waals surface area contributed by atoms with Crippen molar-refractivity contribution in [3.05, 3.63) is 7.05 Å². The van der Waals surface area contributed by atoms with Gasteiger partial charge in [-0.1, -0.05) is 0 Å². The van der Waals surface area contributed by atoms with Crippen LogP contribution in [-0.2, 0) is 14.3 Å². The standard InChI is InChI=1S/C4H3NO3/c1-5-2-8-4(7)3(5)6/h1H,2H2. The van der Waals surface area contributed by atoms with E-state index in [0.717, 1.165) is 0 Å². The minimum absolute atomic E-state index is 0.127. The van der Waals surface area contributed by atoms with Crippen LogP contribution in [0, 0.1) is 7.05 Å². The van der Waals surface area contributed by atoms with Crippen LogP contribution in [0.4, 0.5) is 0 Å². The van der Waals surface area contributed by atoms with Crippen molar-refractivity contribution in [1.29, 1.82) is 0 Å². The van der Waals surface area contributed by atoms with E-state index < -0.39 is 11.9 Å². The van der Waals surface area contributed by atoms with Crippen LogP contribution in [0.3, 0.4) is 0 Å². The van der Waals surface area contributed by atoms with Crippen LogP contribution >= 0.6 is 0 Å². The van der Waals surface area contributed by atoms with Crippen molar-refractivity contribution in [2.45, 2.75) is 0 Å². The molecule has 2 radical (unpaired) electrons. The number of nitrogens with zero attached hydrogens (tertiary/aromatic N) is 1. The third-order valence-electron chi connectivity index (χ3n) is 0.770. The van der Waals surface area contributed by atoms with E-state index in [2.05, 4.69) is 4.74 Å². The highest BCUT2D eigenvalue weighted by atomic mass is 16.6. The van der Waals surface area contributed by atoms with Crippen molar-refractivity contribution in [3.8, 4) is 0 Å². The van der Waals surface area contributed by atoms with Crippen molar-refractivity contribution >= 4 is 11.9 Å². The quantitative estimate of drug-likeness (QED) is 0.299. The second-order valence-electron chi connectivity index (χ2n) is 1.34. The molecule has 1 saturated heterocycles. The molecule has 1 amide bonds. The fourth-order valence-corrected chi connectivity index (χ4v) is 0.366. The maximum absolute atomic E-state index is 10.2. The number of amides is 1. The smallest absolute Gasteiger partial charge is 0.398 e. The monoisotopic (exact) mass is 113 g/mol. The molecule has 4 nitrogen and oxygen atoms in total. The third kappa shape index (κ3) is 0.538. The summed E-state index contributed by atoms with van der Waals surface area (Å²) in [4.78, 5) is 21.0. The molecule has 4 heteroatoms. The Balaban J connectivity index is 2.71. The van der Waals surface area contributed by atoms with Crippen LogP contribution in [0.1, 0.15) is 0 Å². The van der Waals surface area contributed by atoms with Crippen molar-refractivity contribution in [3.63, 3.8) is 0 Å². The lowest BCUT2D eigenvalue weighted by Crippen LogP contribution is -2.19. The first-order valence-corrected chi connectivity index (χ1v) is 1.95. The van der Waals surface area contributed by atoms with Gasteiger partial charge in [-0.05, 0) is 0 Å². The van der Waals surface area contributed by atoms with Gasteiger partial charge in [0.2, 0.25) is 0 Å². The fraction of sp³-hybridized carbons (Fsp3) is 0.250. The van der Waals surface area contributed by atoms with E-state index in [1.165, 1.54) is 0 Å². The van der Waals surface area contributed by atoms with Crippen LogP contribution in [-0.4, -0.2) is 23.5 Å². The molecule has 1 rings (SSSR count). The summed E-state index contributed by atoms with van der Waals surface area (Å²) in [6.45, 7) is -0.127. The zero-order chi connectivity index (χ0) is 6.15. The van der Waals surface area contributed by atoms with E-state index in [-0.39, 0.29) is 6.73 Å². The Kier molecular flexibility index (Phi) is 0.932. The van der Waals surface area contributed by atoms with Crippen LogP contribution in [0.15, 0.2) is 0 Å². The first kappa shape index (κ1) is 5.08. The lowest BCUT2D eigenvalue weighted by molar-refractivity contribution is -0.147. The van der Waals surface area contributed by atoms with E-state index in [1.807, 2.05) is 0 Å². The Bertz CT molecular complexity index is 142. The molecule has 1 aliphatic rings. The van der Waals surface area contributed by atoms with Gasteiger partial charge >= 0.3 is 11.9 Å². The van der Waals surface area contributed by atoms with Crippen LogP contribution < -0.4 is 0 Å². The molecule has 0 aliphatic carbocycles. The number of carbonyl (C=O) groups excluding carboxylic acids is 2. The number of hydrogen-bond acceptors (Lipinski definition) is 3. The maximum Gasteiger partial charge on any atom is 0.398 e. The van der Waals surface area contributed by atoms with Gasteiger partial charge in [-0.15, -0.1) is 0 Å². The minimum atomic E-state index is -0.882. The zero-order valence-electron chi connectivity index (χ0n) is 3.96. The highest BCUT2D eigenvalue weighted by Crippen LogP contribution is 1.98. The summed E-state index contributed by atoms with van der Waals surface area (Å²) in [5, 5.41) is 0. The van der Waals surface area contributed by atoms with E-state index in [9.17, 15) is 9.59 Å². The molecular weight excluding hydrogens is 110 g/mol. The van der Waals surface area contributed by atoms with Crippen molar-refractivity contribution in [2.24, 2.45) is 0 Å². The van der Waals surface area contributed by atoms with Gasteiger partial charge in [-0.2, -0.15) is 0 Å². The summed E-state index contributed by atoms with van der Waals surface area (Å²) in [7, 11) is 4.91. The van der Waals surface area contributed by atoms with Gasteiger partial charge in [0.1, 0.15) is 0 Å². The van der Waals surface area contributed by atoms with Gasteiger partial charge in [0.05, 0.1) is 7.05 Å². The number of rotatable bonds is 0. The molecule has 0 aromatic heterocycles. The average Bonchev–Trinajstić information content (AvgIpc) is 1.98. The Morgan fingerprint density at radius 3 is 2.38 bits per heavy atom. The van der Waals surface area contributed by atoms with Crippen LogP contribution in [0.25, 0.3) is 0 Å². The van der Waals surface area contributed by atoms with Gasteiger partial charge in [-0.25, -0.2) is 4.79 Å². The molecule has 0 aromatic rings. The first-order valence-electron chi connectivity index (χ1n) is 1.95. The zero-order valence-corrected chi connectivity index (χ0v) is 3.96. The molecule has 1 aliphatic heterocycles. The minimum Gasteiger partial charge on any atom is -0.437 e. The lowest BCUT2D eigenvalue weighted by Gasteiger charge is -1.96. The first-order chi connectivity index (χ1) is 3.72. The summed E-state index contributed by atoms with van der Waals surface area (Å²) in [6.07, 6.45) is 0. The molecular formula is C4H3NO3. The number of carbonyl (C=O) groups is 2. The highest BCUT2D eigenvalue weighted by molar-refractivity contribution is 6.33. The Hall–Kier alpha value is -1.06. The number of cyclic esters (lactones) is 1. The second-order valence-corrected chi connectivity index (χ2v) is 1.34. The van der Waals surface area contributed by atoms with Crippen molar-refractivity contribution < 1.29 is 14.3 Å². The summed E-state index contributed by atoms with van der Waals surface area (Å²) < 4.78 is 4.19. The maximum atomic E-state index is 10.2. The molecule has 1 fully saturated rings. The SMILES string of the molecule is [CH]N1COC(=O)C1=O. The normalized spacial score (nSPS) is 19.4. The van der Waals surface area contributed by atoms with E-state index >= 15 is 0 Å². The second kappa shape index (κ2) is 1.47. The van der Waals surface area contributed by atoms with Gasteiger partial charge in [0.15, 0.2) is 6.73 Å². The fourth-order valence-electron chi connectivity index (χ4n) is 0.366. The summed E-state index contributed by atoms with van der Waals surface area (Å²) >= 11 is 0. The van der Waals surface area contributed by atoms with Gasteiger partial charge < -0.3 is 4.74 Å². The molecule has 0 aromatic carbocycles. The van der Waals surface area contributed by atoms with Crippen molar-refractivity contribution in [2.75, 3.05) is 6.73 Å². The Morgan fingerprint density at radius 2 is 2.25 bits per heavy atom. The summed E-state index contributed by atoms with van der Waals surface area (Å²) in [5.74, 6) is -1.67. The molecule has 0 spiro atoms. The van der Waals surface area contributed by atoms with E-state index in [0.29, 0.717) is 4.90 Å². The van der Waals surface area contributed by atoms with Gasteiger partial charge in [-0.3, -0.25) is 9.69 Å². The average molecular weight is 113 g/mol. The lowest BCUT2D eigenvalue weighted by atomic mass is 10.6.